The van der Waals surface area contributed by atoms with Crippen molar-refractivity contribution in [2.75, 3.05) is 53.2 Å². The summed E-state index contributed by atoms with van der Waals surface area (Å²) < 4.78 is 5.19. The summed E-state index contributed by atoms with van der Waals surface area (Å²) in [5.74, 6) is -0.410. The van der Waals surface area contributed by atoms with Gasteiger partial charge in [-0.15, -0.1) is 0 Å². The monoisotopic (exact) mass is 500 g/mol. The van der Waals surface area contributed by atoms with Crippen LogP contribution in [0.5, 0.6) is 0 Å². The largest absolute Gasteiger partial charge is 0.462 e. The molecule has 0 spiro atoms. The third-order valence-corrected chi connectivity index (χ3v) is 6.70. The van der Waals surface area contributed by atoms with E-state index in [9.17, 15) is 9.59 Å². The first-order chi connectivity index (χ1) is 17.9. The fraction of sp³-hybridized carbons (Fsp3) is 0.333. The lowest BCUT2D eigenvalue weighted by molar-refractivity contribution is 0.0526. The molecule has 37 heavy (non-hydrogen) atoms. The van der Waals surface area contributed by atoms with Gasteiger partial charge in [0.25, 0.3) is 0 Å². The van der Waals surface area contributed by atoms with Crippen LogP contribution in [0, 0.1) is 13.8 Å². The number of aryl methyl sites for hydroxylation is 3. The van der Waals surface area contributed by atoms with Crippen LogP contribution in [0.3, 0.4) is 0 Å². The van der Waals surface area contributed by atoms with Gasteiger partial charge in [-0.2, -0.15) is 0 Å². The molecule has 3 aromatic carbocycles. The van der Waals surface area contributed by atoms with Gasteiger partial charge in [-0.1, -0.05) is 31.2 Å². The summed E-state index contributed by atoms with van der Waals surface area (Å²) >= 11 is 0. The molecule has 1 aliphatic heterocycles. The molecule has 1 aliphatic rings. The van der Waals surface area contributed by atoms with E-state index >= 15 is 0 Å². The van der Waals surface area contributed by atoms with Crippen molar-refractivity contribution in [1.29, 1.82) is 0 Å². The van der Waals surface area contributed by atoms with Crippen molar-refractivity contribution in [3.63, 3.8) is 0 Å². The van der Waals surface area contributed by atoms with Gasteiger partial charge in [0.05, 0.1) is 23.5 Å². The maximum Gasteiger partial charge on any atom is 0.338 e. The summed E-state index contributed by atoms with van der Waals surface area (Å²) in [7, 11) is 0. The number of ether oxygens (including phenoxy) is 1. The van der Waals surface area contributed by atoms with Gasteiger partial charge in [0, 0.05) is 37.6 Å². The van der Waals surface area contributed by atoms with Crippen molar-refractivity contribution in [2.24, 2.45) is 0 Å². The maximum absolute atomic E-state index is 12.9. The molecule has 1 heterocycles. The lowest BCUT2D eigenvalue weighted by Gasteiger charge is -2.38. The third kappa shape index (κ3) is 6.42. The number of piperazine rings is 1. The quantitative estimate of drug-likeness (QED) is 0.389. The SMILES string of the molecule is CCOC(=O)c1ccc(N2CCN(c3cc(C)ccc3C)CC2)c(NC(=O)Nc2ccc(CC)cc2)c1. The van der Waals surface area contributed by atoms with Crippen LogP contribution in [-0.2, 0) is 11.2 Å². The van der Waals surface area contributed by atoms with Crippen LogP contribution >= 0.6 is 0 Å². The molecule has 0 radical (unpaired) electrons. The second kappa shape index (κ2) is 11.8. The number of esters is 1. The number of nitrogens with zero attached hydrogens (tertiary/aromatic N) is 2. The van der Waals surface area contributed by atoms with Crippen LogP contribution in [-0.4, -0.2) is 44.8 Å². The van der Waals surface area contributed by atoms with Crippen LogP contribution < -0.4 is 20.4 Å². The Morgan fingerprint density at radius 1 is 0.811 bits per heavy atom. The van der Waals surface area contributed by atoms with Crippen molar-refractivity contribution in [1.82, 2.24) is 0 Å². The Morgan fingerprint density at radius 3 is 2.14 bits per heavy atom. The van der Waals surface area contributed by atoms with Crippen LogP contribution in [0.4, 0.5) is 27.5 Å². The first-order valence-electron chi connectivity index (χ1n) is 12.9. The number of amides is 2. The molecular formula is C30H36N4O3. The highest BCUT2D eigenvalue weighted by atomic mass is 16.5. The average molecular weight is 501 g/mol. The zero-order chi connectivity index (χ0) is 26.4. The van der Waals surface area contributed by atoms with Crippen LogP contribution in [0.25, 0.3) is 0 Å². The Hall–Kier alpha value is -4.00. The molecule has 0 unspecified atom stereocenters. The van der Waals surface area contributed by atoms with Gasteiger partial charge in [-0.05, 0) is 80.3 Å². The van der Waals surface area contributed by atoms with Crippen LogP contribution in [0.2, 0.25) is 0 Å². The number of rotatable bonds is 7. The van der Waals surface area contributed by atoms with E-state index < -0.39 is 5.97 Å². The van der Waals surface area contributed by atoms with E-state index in [0.717, 1.165) is 38.3 Å². The first kappa shape index (κ1) is 26.1. The predicted molar refractivity (Wildman–Crippen MR) is 151 cm³/mol. The number of hydrogen-bond acceptors (Lipinski definition) is 5. The van der Waals surface area contributed by atoms with E-state index in [1.807, 2.05) is 30.3 Å². The first-order valence-corrected chi connectivity index (χ1v) is 12.9. The van der Waals surface area contributed by atoms with Crippen molar-refractivity contribution in [3.05, 3.63) is 82.9 Å². The third-order valence-electron chi connectivity index (χ3n) is 6.70. The standard InChI is InChI=1S/C30H36N4O3/c1-5-23-9-12-25(13-10-23)31-30(36)32-26-20-24(29(35)37-6-2)11-14-27(26)33-15-17-34(18-16-33)28-19-21(3)7-8-22(28)4/h7-14,19-20H,5-6,15-18H2,1-4H3,(H2,31,32,36). The van der Waals surface area contributed by atoms with Gasteiger partial charge < -0.3 is 25.2 Å². The topological polar surface area (TPSA) is 73.9 Å². The molecule has 0 bridgehead atoms. The maximum atomic E-state index is 12.9. The average Bonchev–Trinajstić information content (AvgIpc) is 2.91. The van der Waals surface area contributed by atoms with Gasteiger partial charge in [-0.25, -0.2) is 9.59 Å². The van der Waals surface area contributed by atoms with Crippen molar-refractivity contribution < 1.29 is 14.3 Å². The molecule has 7 heteroatoms. The van der Waals surface area contributed by atoms with E-state index in [2.05, 4.69) is 59.4 Å². The number of anilines is 4. The van der Waals surface area contributed by atoms with Gasteiger partial charge in [0.1, 0.15) is 0 Å². The van der Waals surface area contributed by atoms with E-state index in [1.165, 1.54) is 22.4 Å². The van der Waals surface area contributed by atoms with Gasteiger partial charge in [-0.3, -0.25) is 0 Å². The zero-order valence-corrected chi connectivity index (χ0v) is 22.1. The number of carbonyl (C=O) groups is 2. The summed E-state index contributed by atoms with van der Waals surface area (Å²) in [6, 6.07) is 19.3. The Morgan fingerprint density at radius 2 is 1.49 bits per heavy atom. The Kier molecular flexibility index (Phi) is 8.33. The number of nitrogens with one attached hydrogen (secondary N) is 2. The number of benzene rings is 3. The lowest BCUT2D eigenvalue weighted by atomic mass is 10.1. The van der Waals surface area contributed by atoms with Gasteiger partial charge in [0.15, 0.2) is 0 Å². The highest BCUT2D eigenvalue weighted by molar-refractivity contribution is 6.03. The Bertz CT molecular complexity index is 1250. The molecular weight excluding hydrogens is 464 g/mol. The molecule has 4 rings (SSSR count). The fourth-order valence-corrected chi connectivity index (χ4v) is 4.61. The molecule has 194 valence electrons. The smallest absolute Gasteiger partial charge is 0.338 e. The second-order valence-electron chi connectivity index (χ2n) is 9.35. The summed E-state index contributed by atoms with van der Waals surface area (Å²) in [5, 5.41) is 5.86. The molecule has 3 aromatic rings. The van der Waals surface area contributed by atoms with E-state index in [4.69, 9.17) is 4.74 Å². The molecule has 2 N–H and O–H groups in total. The van der Waals surface area contributed by atoms with Crippen LogP contribution in [0.1, 0.15) is 40.9 Å². The normalized spacial score (nSPS) is 13.3. The van der Waals surface area contributed by atoms with Crippen molar-refractivity contribution in [2.45, 2.75) is 34.1 Å². The van der Waals surface area contributed by atoms with E-state index in [1.54, 1.807) is 19.1 Å². The highest BCUT2D eigenvalue weighted by Crippen LogP contribution is 2.31. The number of urea groups is 1. The van der Waals surface area contributed by atoms with Crippen molar-refractivity contribution in [3.8, 4) is 0 Å². The van der Waals surface area contributed by atoms with Crippen molar-refractivity contribution >= 4 is 34.7 Å². The second-order valence-corrected chi connectivity index (χ2v) is 9.35. The molecule has 0 aromatic heterocycles. The minimum atomic E-state index is -0.410. The molecule has 0 atom stereocenters. The Labute approximate surface area is 219 Å². The molecule has 0 aliphatic carbocycles. The Balaban J connectivity index is 1.52. The molecule has 7 nitrogen and oxygen atoms in total. The van der Waals surface area contributed by atoms with E-state index in [-0.39, 0.29) is 12.6 Å². The molecule has 0 saturated carbocycles. The van der Waals surface area contributed by atoms with Gasteiger partial charge in [0.2, 0.25) is 0 Å². The zero-order valence-electron chi connectivity index (χ0n) is 22.1. The highest BCUT2D eigenvalue weighted by Gasteiger charge is 2.22. The summed E-state index contributed by atoms with van der Waals surface area (Å²) in [6.45, 7) is 11.7. The molecule has 1 saturated heterocycles. The molecule has 1 fully saturated rings. The number of carbonyl (C=O) groups excluding carboxylic acids is 2. The lowest BCUT2D eigenvalue weighted by Crippen LogP contribution is -2.47. The summed E-state index contributed by atoms with van der Waals surface area (Å²) in [4.78, 5) is 30.0. The number of hydrogen-bond donors (Lipinski definition) is 2. The predicted octanol–water partition coefficient (Wildman–Crippen LogP) is 6.01. The van der Waals surface area contributed by atoms with E-state index in [0.29, 0.717) is 16.9 Å². The van der Waals surface area contributed by atoms with Gasteiger partial charge >= 0.3 is 12.0 Å². The molecule has 2 amide bonds. The summed E-state index contributed by atoms with van der Waals surface area (Å²) in [6.07, 6.45) is 0.938. The summed E-state index contributed by atoms with van der Waals surface area (Å²) in [5.41, 5.74) is 7.56. The minimum absolute atomic E-state index is 0.290. The fourth-order valence-electron chi connectivity index (χ4n) is 4.61. The van der Waals surface area contributed by atoms with Crippen LogP contribution in [0.15, 0.2) is 60.7 Å². The minimum Gasteiger partial charge on any atom is -0.462 e.